The van der Waals surface area contributed by atoms with E-state index in [2.05, 4.69) is 17.6 Å². The highest BCUT2D eigenvalue weighted by molar-refractivity contribution is 5.94. The molecule has 0 unspecified atom stereocenters. The van der Waals surface area contributed by atoms with Gasteiger partial charge in [-0.05, 0) is 50.1 Å². The summed E-state index contributed by atoms with van der Waals surface area (Å²) in [5.74, 6) is 0.00592. The van der Waals surface area contributed by atoms with E-state index < -0.39 is 0 Å². The maximum absolute atomic E-state index is 11.8. The number of benzene rings is 1. The van der Waals surface area contributed by atoms with Gasteiger partial charge in [-0.1, -0.05) is 13.0 Å². The Morgan fingerprint density at radius 2 is 1.83 bits per heavy atom. The molecule has 0 aliphatic rings. The van der Waals surface area contributed by atoms with Crippen molar-refractivity contribution in [2.45, 2.75) is 27.2 Å². The first-order valence-electron chi connectivity index (χ1n) is 6.21. The van der Waals surface area contributed by atoms with E-state index in [9.17, 15) is 4.79 Å². The number of rotatable bonds is 6. The number of carbonyl (C=O) groups excluding carboxylic acids is 1. The molecule has 0 fully saturated rings. The quantitative estimate of drug-likeness (QED) is 0.780. The van der Waals surface area contributed by atoms with E-state index in [0.29, 0.717) is 6.54 Å². The van der Waals surface area contributed by atoms with E-state index >= 15 is 0 Å². The van der Waals surface area contributed by atoms with Crippen LogP contribution in [0.4, 0.5) is 0 Å². The first-order valence-corrected chi connectivity index (χ1v) is 6.21. The second-order valence-corrected chi connectivity index (χ2v) is 4.30. The molecule has 0 aliphatic heterocycles. The zero-order valence-electron chi connectivity index (χ0n) is 11.4. The summed E-state index contributed by atoms with van der Waals surface area (Å²) in [6.07, 6.45) is 1.12. The van der Waals surface area contributed by atoms with Crippen LogP contribution in [0.5, 0.6) is 0 Å². The highest BCUT2D eigenvalue weighted by Crippen LogP contribution is 2.09. The second kappa shape index (κ2) is 8.95. The number of hydrogen-bond acceptors (Lipinski definition) is 2. The molecule has 3 nitrogen and oxygen atoms in total. The lowest BCUT2D eigenvalue weighted by Crippen LogP contribution is -2.32. The third kappa shape index (κ3) is 5.52. The van der Waals surface area contributed by atoms with Gasteiger partial charge >= 0.3 is 0 Å². The zero-order valence-corrected chi connectivity index (χ0v) is 12.2. The lowest BCUT2D eigenvalue weighted by molar-refractivity contribution is 0.0954. The molecule has 4 heteroatoms. The minimum Gasteiger partial charge on any atom is -0.351 e. The molecule has 0 aromatic heterocycles. The number of nitrogens with one attached hydrogen (secondary N) is 2. The number of carbonyl (C=O) groups is 1. The summed E-state index contributed by atoms with van der Waals surface area (Å²) in [5.41, 5.74) is 3.11. The van der Waals surface area contributed by atoms with E-state index in [4.69, 9.17) is 0 Å². The Morgan fingerprint density at radius 3 is 2.44 bits per heavy atom. The predicted octanol–water partition coefficient (Wildman–Crippen LogP) is 2.45. The van der Waals surface area contributed by atoms with Gasteiger partial charge in [0, 0.05) is 18.7 Å². The van der Waals surface area contributed by atoms with Crippen LogP contribution >= 0.6 is 12.4 Å². The Hall–Kier alpha value is -1.06. The zero-order chi connectivity index (χ0) is 12.7. The summed E-state index contributed by atoms with van der Waals surface area (Å²) >= 11 is 0. The molecule has 0 spiro atoms. The van der Waals surface area contributed by atoms with Gasteiger partial charge in [0.2, 0.25) is 0 Å². The van der Waals surface area contributed by atoms with Gasteiger partial charge < -0.3 is 10.6 Å². The van der Waals surface area contributed by atoms with Crippen molar-refractivity contribution < 1.29 is 4.79 Å². The van der Waals surface area contributed by atoms with E-state index in [1.165, 1.54) is 5.56 Å². The first kappa shape index (κ1) is 16.9. The van der Waals surface area contributed by atoms with E-state index in [1.54, 1.807) is 0 Å². The maximum Gasteiger partial charge on any atom is 0.251 e. The molecule has 1 aromatic carbocycles. The van der Waals surface area contributed by atoms with Gasteiger partial charge in [-0.25, -0.2) is 0 Å². The molecule has 0 saturated heterocycles. The molecule has 0 bridgehead atoms. The van der Waals surface area contributed by atoms with Crippen LogP contribution in [0.3, 0.4) is 0 Å². The normalized spacial score (nSPS) is 9.72. The van der Waals surface area contributed by atoms with Gasteiger partial charge in [-0.15, -0.1) is 12.4 Å². The van der Waals surface area contributed by atoms with Crippen molar-refractivity contribution in [1.82, 2.24) is 10.6 Å². The summed E-state index contributed by atoms with van der Waals surface area (Å²) in [4.78, 5) is 11.8. The van der Waals surface area contributed by atoms with Gasteiger partial charge in [-0.2, -0.15) is 0 Å². The smallest absolute Gasteiger partial charge is 0.251 e. The molecule has 0 aliphatic carbocycles. The minimum atomic E-state index is 0. The average molecular weight is 271 g/mol. The molecule has 1 rings (SSSR count). The Labute approximate surface area is 116 Å². The van der Waals surface area contributed by atoms with Crippen molar-refractivity contribution in [3.63, 3.8) is 0 Å². The molecular formula is C14H23ClN2O. The summed E-state index contributed by atoms with van der Waals surface area (Å²) in [5, 5.41) is 6.15. The molecule has 0 radical (unpaired) electrons. The van der Waals surface area contributed by atoms with Crippen molar-refractivity contribution in [2.24, 2.45) is 0 Å². The van der Waals surface area contributed by atoms with Gasteiger partial charge in [0.25, 0.3) is 5.91 Å². The first-order chi connectivity index (χ1) is 8.15. The summed E-state index contributed by atoms with van der Waals surface area (Å²) in [7, 11) is 0. The van der Waals surface area contributed by atoms with Crippen LogP contribution in [0.25, 0.3) is 0 Å². The van der Waals surface area contributed by atoms with Crippen LogP contribution < -0.4 is 10.6 Å². The molecule has 1 amide bonds. The maximum atomic E-state index is 11.8. The molecule has 1 aromatic rings. The number of hydrogen-bond donors (Lipinski definition) is 2. The standard InChI is InChI=1S/C14H22N2O.ClH/c1-4-7-15-8-9-16-14(17)13-6-5-11(2)12(3)10-13;/h5-6,10,15H,4,7-9H2,1-3H3,(H,16,17);1H. The molecule has 102 valence electrons. The Bertz CT molecular complexity index is 380. The van der Waals surface area contributed by atoms with Gasteiger partial charge in [0.1, 0.15) is 0 Å². The number of amides is 1. The van der Waals surface area contributed by atoms with Crippen LogP contribution in [0.1, 0.15) is 34.8 Å². The van der Waals surface area contributed by atoms with Gasteiger partial charge in [0.05, 0.1) is 0 Å². The van der Waals surface area contributed by atoms with Crippen molar-refractivity contribution in [3.05, 3.63) is 34.9 Å². The highest BCUT2D eigenvalue weighted by Gasteiger charge is 2.05. The van der Waals surface area contributed by atoms with Gasteiger partial charge in [-0.3, -0.25) is 4.79 Å². The number of halogens is 1. The highest BCUT2D eigenvalue weighted by atomic mass is 35.5. The summed E-state index contributed by atoms with van der Waals surface area (Å²) in [6, 6.07) is 5.79. The van der Waals surface area contributed by atoms with E-state index in [0.717, 1.165) is 30.6 Å². The van der Waals surface area contributed by atoms with Crippen molar-refractivity contribution in [1.29, 1.82) is 0 Å². The lowest BCUT2D eigenvalue weighted by atomic mass is 10.1. The minimum absolute atomic E-state index is 0. The third-order valence-corrected chi connectivity index (χ3v) is 2.78. The Morgan fingerprint density at radius 1 is 1.11 bits per heavy atom. The predicted molar refractivity (Wildman–Crippen MR) is 78.7 cm³/mol. The van der Waals surface area contributed by atoms with E-state index in [-0.39, 0.29) is 18.3 Å². The van der Waals surface area contributed by atoms with Crippen LogP contribution in [0.2, 0.25) is 0 Å². The van der Waals surface area contributed by atoms with Crippen LogP contribution in [-0.2, 0) is 0 Å². The van der Waals surface area contributed by atoms with Crippen molar-refractivity contribution in [2.75, 3.05) is 19.6 Å². The second-order valence-electron chi connectivity index (χ2n) is 4.30. The van der Waals surface area contributed by atoms with Crippen LogP contribution in [0.15, 0.2) is 18.2 Å². The Balaban J connectivity index is 0.00000289. The fraction of sp³-hybridized carbons (Fsp3) is 0.500. The van der Waals surface area contributed by atoms with Gasteiger partial charge in [0.15, 0.2) is 0 Å². The third-order valence-electron chi connectivity index (χ3n) is 2.78. The summed E-state index contributed by atoms with van der Waals surface area (Å²) < 4.78 is 0. The van der Waals surface area contributed by atoms with Crippen LogP contribution in [0, 0.1) is 13.8 Å². The van der Waals surface area contributed by atoms with Crippen molar-refractivity contribution >= 4 is 18.3 Å². The molecule has 0 saturated carbocycles. The molecule has 0 heterocycles. The monoisotopic (exact) mass is 270 g/mol. The largest absolute Gasteiger partial charge is 0.351 e. The van der Waals surface area contributed by atoms with E-state index in [1.807, 2.05) is 32.0 Å². The Kier molecular flexibility index (Phi) is 8.42. The summed E-state index contributed by atoms with van der Waals surface area (Å²) in [6.45, 7) is 8.69. The molecule has 0 atom stereocenters. The van der Waals surface area contributed by atoms with Crippen LogP contribution in [-0.4, -0.2) is 25.5 Å². The fourth-order valence-electron chi connectivity index (χ4n) is 1.55. The SMILES string of the molecule is CCCNCCNC(=O)c1ccc(C)c(C)c1.Cl. The average Bonchev–Trinajstić information content (AvgIpc) is 2.32. The van der Waals surface area contributed by atoms with Crippen molar-refractivity contribution in [3.8, 4) is 0 Å². The topological polar surface area (TPSA) is 41.1 Å². The number of aryl methyl sites for hydroxylation is 2. The fourth-order valence-corrected chi connectivity index (χ4v) is 1.55. The molecular weight excluding hydrogens is 248 g/mol. The molecule has 2 N–H and O–H groups in total. The lowest BCUT2D eigenvalue weighted by Gasteiger charge is -2.07. The molecule has 18 heavy (non-hydrogen) atoms.